The second-order valence-corrected chi connectivity index (χ2v) is 10.7. The highest BCUT2D eigenvalue weighted by molar-refractivity contribution is 6.32. The van der Waals surface area contributed by atoms with Crippen LogP contribution in [0.4, 0.5) is 0 Å². The van der Waals surface area contributed by atoms with Crippen LogP contribution in [0.1, 0.15) is 74.1 Å². The predicted octanol–water partition coefficient (Wildman–Crippen LogP) is -0.140. The van der Waals surface area contributed by atoms with E-state index in [0.717, 1.165) is 0 Å². The normalized spacial score (nSPS) is 14.7. The average molecular weight is 567 g/mol. The molecule has 0 heterocycles. The van der Waals surface area contributed by atoms with Gasteiger partial charge in [0.2, 0.25) is 17.7 Å². The van der Waals surface area contributed by atoms with E-state index in [1.54, 1.807) is 19.9 Å². The van der Waals surface area contributed by atoms with Crippen molar-refractivity contribution >= 4 is 30.9 Å². The molecule has 226 valence electrons. The molecular formula is C26H46BN5O8. The van der Waals surface area contributed by atoms with Crippen molar-refractivity contribution in [2.45, 2.75) is 98.6 Å². The first-order chi connectivity index (χ1) is 18.6. The van der Waals surface area contributed by atoms with Gasteiger partial charge in [0.05, 0.1) is 6.10 Å². The van der Waals surface area contributed by atoms with Crippen LogP contribution in [0.25, 0.3) is 0 Å². The number of nitrogens with zero attached hydrogens (tertiary/aromatic N) is 1. The van der Waals surface area contributed by atoms with Crippen molar-refractivity contribution in [2.24, 2.45) is 17.8 Å². The van der Waals surface area contributed by atoms with Gasteiger partial charge in [0.15, 0.2) is 0 Å². The lowest BCUT2D eigenvalue weighted by atomic mass is 10.0. The summed E-state index contributed by atoms with van der Waals surface area (Å²) in [6.07, 6.45) is 0.388. The van der Waals surface area contributed by atoms with Crippen molar-refractivity contribution in [1.29, 1.82) is 5.26 Å². The zero-order valence-corrected chi connectivity index (χ0v) is 24.6. The number of unbranched alkanes of at least 4 members (excludes halogenated alkanes) is 1. The molecule has 0 radical (unpaired) electrons. The van der Waals surface area contributed by atoms with Crippen LogP contribution >= 0.6 is 0 Å². The van der Waals surface area contributed by atoms with Crippen molar-refractivity contribution < 1.29 is 39.0 Å². The molecule has 0 fully saturated rings. The number of hydrogen-bond donors (Lipinski definition) is 7. The Morgan fingerprint density at radius 3 is 2.02 bits per heavy atom. The lowest BCUT2D eigenvalue weighted by Gasteiger charge is -2.27. The van der Waals surface area contributed by atoms with Crippen LogP contribution in [-0.2, 0) is 23.8 Å². The van der Waals surface area contributed by atoms with E-state index < -0.39 is 61.3 Å². The molecular weight excluding hydrogens is 521 g/mol. The maximum Gasteiger partial charge on any atom is 0.635 e. The van der Waals surface area contributed by atoms with Gasteiger partial charge in [0.1, 0.15) is 30.0 Å². The van der Waals surface area contributed by atoms with E-state index in [9.17, 15) is 34.3 Å². The summed E-state index contributed by atoms with van der Waals surface area (Å²) in [4.78, 5) is 50.5. The lowest BCUT2D eigenvalue weighted by molar-refractivity contribution is -0.136. The number of nitrogens with one attached hydrogen (secondary N) is 4. The number of amides is 4. The third kappa shape index (κ3) is 15.6. The quantitative estimate of drug-likeness (QED) is 0.0386. The van der Waals surface area contributed by atoms with Gasteiger partial charge in [-0.1, -0.05) is 47.6 Å². The number of hydrogen-bond acceptors (Lipinski definition) is 9. The van der Waals surface area contributed by atoms with Crippen LogP contribution < -0.4 is 21.3 Å². The number of rotatable bonds is 18. The fourth-order valence-electron chi connectivity index (χ4n) is 3.51. The zero-order valence-electron chi connectivity index (χ0n) is 24.6. The summed E-state index contributed by atoms with van der Waals surface area (Å²) in [5, 5.41) is 48.0. The largest absolute Gasteiger partial charge is 0.635 e. The topological polar surface area (TPSA) is 210 Å². The molecule has 0 bridgehead atoms. The van der Waals surface area contributed by atoms with Crippen molar-refractivity contribution in [2.75, 3.05) is 6.54 Å². The van der Waals surface area contributed by atoms with E-state index in [1.807, 2.05) is 33.8 Å². The van der Waals surface area contributed by atoms with E-state index in [2.05, 4.69) is 21.3 Å². The highest BCUT2D eigenvalue weighted by Gasteiger charge is 2.31. The summed E-state index contributed by atoms with van der Waals surface area (Å²) in [5.74, 6) is -2.81. The summed E-state index contributed by atoms with van der Waals surface area (Å²) in [7, 11) is -2.13. The SMILES string of the molecule is CC(C)C=C(C#N)C(=O)NCCCC[C@H](NC(=O)[C@@H](NC(=O)C(C)C)[C@@H](C)O)C(=O)N[C@@H](CC(C)C)OB(O)O. The summed E-state index contributed by atoms with van der Waals surface area (Å²) in [5.41, 5.74) is 0.00870. The van der Waals surface area contributed by atoms with E-state index >= 15 is 0 Å². The molecule has 0 aliphatic carbocycles. The third-order valence-corrected chi connectivity index (χ3v) is 5.56. The Balaban J connectivity index is 5.53. The third-order valence-electron chi connectivity index (χ3n) is 5.56. The van der Waals surface area contributed by atoms with Gasteiger partial charge in [-0.2, -0.15) is 5.26 Å². The van der Waals surface area contributed by atoms with Gasteiger partial charge in [-0.05, 0) is 44.4 Å². The number of aliphatic hydroxyl groups excluding tert-OH is 1. The Bertz CT molecular complexity index is 892. The van der Waals surface area contributed by atoms with Crippen LogP contribution in [0.15, 0.2) is 11.6 Å². The Morgan fingerprint density at radius 1 is 0.925 bits per heavy atom. The minimum absolute atomic E-state index is 0.00870. The average Bonchev–Trinajstić information content (AvgIpc) is 2.82. The van der Waals surface area contributed by atoms with Gasteiger partial charge >= 0.3 is 7.32 Å². The number of allylic oxidation sites excluding steroid dienone is 1. The van der Waals surface area contributed by atoms with Gasteiger partial charge in [-0.3, -0.25) is 19.2 Å². The van der Waals surface area contributed by atoms with Crippen LogP contribution in [0.5, 0.6) is 0 Å². The summed E-state index contributed by atoms with van der Waals surface area (Å²) < 4.78 is 4.97. The Hall–Kier alpha value is -2.99. The summed E-state index contributed by atoms with van der Waals surface area (Å²) in [6.45, 7) is 12.2. The van der Waals surface area contributed by atoms with Crippen molar-refractivity contribution in [3.05, 3.63) is 11.6 Å². The zero-order chi connectivity index (χ0) is 31.0. The Labute approximate surface area is 237 Å². The molecule has 0 aliphatic heterocycles. The molecule has 0 rings (SSSR count). The highest BCUT2D eigenvalue weighted by Crippen LogP contribution is 2.10. The molecule has 0 saturated heterocycles. The predicted molar refractivity (Wildman–Crippen MR) is 148 cm³/mol. The number of nitriles is 1. The van der Waals surface area contributed by atoms with E-state index in [4.69, 9.17) is 9.92 Å². The fourth-order valence-corrected chi connectivity index (χ4v) is 3.51. The molecule has 0 unspecified atom stereocenters. The highest BCUT2D eigenvalue weighted by atomic mass is 16.6. The molecule has 4 atom stereocenters. The first-order valence-electron chi connectivity index (χ1n) is 13.6. The molecule has 4 amide bonds. The second-order valence-electron chi connectivity index (χ2n) is 10.7. The van der Waals surface area contributed by atoms with Crippen molar-refractivity contribution in [1.82, 2.24) is 21.3 Å². The van der Waals surface area contributed by atoms with Crippen LogP contribution in [0.3, 0.4) is 0 Å². The molecule has 7 N–H and O–H groups in total. The van der Waals surface area contributed by atoms with Crippen molar-refractivity contribution in [3.8, 4) is 6.07 Å². The molecule has 14 heteroatoms. The maximum absolute atomic E-state index is 13.1. The Morgan fingerprint density at radius 2 is 1.55 bits per heavy atom. The molecule has 0 aromatic heterocycles. The standard InChI is InChI=1S/C26H46BN5O8/c1-15(2)12-19(14-28)24(35)29-11-9-8-10-20(25(36)31-21(13-16(3)4)40-27(38)39)30-26(37)22(18(7)33)32-23(34)17(5)6/h12,15-18,20-22,33,38-39H,8-11,13H2,1-7H3,(H,29,35)(H,30,37)(H,31,36)(H,32,34)/t18-,20+,21-,22+/m1/s1. The van der Waals surface area contributed by atoms with Gasteiger partial charge in [-0.25, -0.2) is 0 Å². The fraction of sp³-hybridized carbons (Fsp3) is 0.731. The molecule has 0 aromatic carbocycles. The van der Waals surface area contributed by atoms with Crippen LogP contribution in [0, 0.1) is 29.1 Å². The first-order valence-corrected chi connectivity index (χ1v) is 13.6. The second kappa shape index (κ2) is 19.2. The summed E-state index contributed by atoms with van der Waals surface area (Å²) >= 11 is 0. The summed E-state index contributed by atoms with van der Waals surface area (Å²) in [6, 6.07) is -0.586. The molecule has 40 heavy (non-hydrogen) atoms. The monoisotopic (exact) mass is 567 g/mol. The van der Waals surface area contributed by atoms with Gasteiger partial charge in [0.25, 0.3) is 5.91 Å². The van der Waals surface area contributed by atoms with Gasteiger partial charge < -0.3 is 41.1 Å². The molecule has 0 aliphatic rings. The van der Waals surface area contributed by atoms with Crippen LogP contribution in [-0.4, -0.2) is 77.1 Å². The van der Waals surface area contributed by atoms with E-state index in [0.29, 0.717) is 12.8 Å². The number of carbonyl (C=O) groups excluding carboxylic acids is 4. The van der Waals surface area contributed by atoms with Gasteiger partial charge in [0, 0.05) is 12.5 Å². The van der Waals surface area contributed by atoms with Crippen molar-refractivity contribution in [3.63, 3.8) is 0 Å². The minimum Gasteiger partial charge on any atom is -0.402 e. The van der Waals surface area contributed by atoms with Crippen LogP contribution in [0.2, 0.25) is 0 Å². The maximum atomic E-state index is 13.1. The van der Waals surface area contributed by atoms with E-state index in [-0.39, 0.29) is 36.8 Å². The molecule has 0 aromatic rings. The molecule has 13 nitrogen and oxygen atoms in total. The first kappa shape index (κ1) is 37.0. The van der Waals surface area contributed by atoms with Gasteiger partial charge in [-0.15, -0.1) is 0 Å². The molecule has 0 spiro atoms. The smallest absolute Gasteiger partial charge is 0.402 e. The number of aliphatic hydroxyl groups is 1. The lowest BCUT2D eigenvalue weighted by Crippen LogP contribution is -2.58. The number of carbonyl (C=O) groups is 4. The molecule has 0 saturated carbocycles. The minimum atomic E-state index is -2.13. The van der Waals surface area contributed by atoms with E-state index in [1.165, 1.54) is 6.92 Å². The Kier molecular flexibility index (Phi) is 17.7.